The van der Waals surface area contributed by atoms with E-state index >= 15 is 0 Å². The van der Waals surface area contributed by atoms with Gasteiger partial charge in [0.15, 0.2) is 0 Å². The van der Waals surface area contributed by atoms with Crippen LogP contribution in [0.4, 0.5) is 0 Å². The molecule has 0 N–H and O–H groups in total. The van der Waals surface area contributed by atoms with Crippen molar-refractivity contribution in [2.24, 2.45) is 0 Å². The summed E-state index contributed by atoms with van der Waals surface area (Å²) >= 11 is 0. The van der Waals surface area contributed by atoms with E-state index in [1.54, 1.807) is 0 Å². The molecule has 0 aliphatic rings. The molecular weight excluding hydrogens is 180 g/mol. The van der Waals surface area contributed by atoms with Gasteiger partial charge in [-0.2, -0.15) is 0 Å². The summed E-state index contributed by atoms with van der Waals surface area (Å²) in [5, 5.41) is 0. The molecule has 0 bridgehead atoms. The monoisotopic (exact) mass is 198 g/mol. The van der Waals surface area contributed by atoms with Gasteiger partial charge < -0.3 is 0 Å². The maximum atomic E-state index is 4.03. The molecule has 0 aliphatic carbocycles. The van der Waals surface area contributed by atoms with Crippen LogP contribution in [0.3, 0.4) is 0 Å². The Morgan fingerprint density at radius 1 is 1.13 bits per heavy atom. The Bertz CT molecular complexity index is 382. The Morgan fingerprint density at radius 3 is 2.13 bits per heavy atom. The molecule has 0 unspecified atom stereocenters. The summed E-state index contributed by atoms with van der Waals surface area (Å²) in [4.78, 5) is 0. The molecule has 0 radical (unpaired) electrons. The van der Waals surface area contributed by atoms with E-state index < -0.39 is 0 Å². The maximum absolute atomic E-state index is 4.03. The predicted octanol–water partition coefficient (Wildman–Crippen LogP) is 4.57. The van der Waals surface area contributed by atoms with Gasteiger partial charge in [-0.3, -0.25) is 0 Å². The molecule has 0 heteroatoms. The van der Waals surface area contributed by atoms with Crippen LogP contribution < -0.4 is 0 Å². The van der Waals surface area contributed by atoms with Gasteiger partial charge in [-0.05, 0) is 25.0 Å². The Balaban J connectivity index is 3.28. The van der Waals surface area contributed by atoms with Crippen molar-refractivity contribution < 1.29 is 0 Å². The summed E-state index contributed by atoms with van der Waals surface area (Å²) in [6, 6.07) is 8.25. The van der Waals surface area contributed by atoms with Gasteiger partial charge in [0, 0.05) is 5.92 Å². The second-order valence-electron chi connectivity index (χ2n) is 3.96. The third-order valence-electron chi connectivity index (χ3n) is 2.51. The van der Waals surface area contributed by atoms with Crippen LogP contribution in [0.2, 0.25) is 0 Å². The Hall–Kier alpha value is -1.56. The van der Waals surface area contributed by atoms with E-state index in [1.165, 1.54) is 5.56 Å². The first-order chi connectivity index (χ1) is 7.07. The summed E-state index contributed by atoms with van der Waals surface area (Å²) < 4.78 is 0. The molecule has 1 aromatic rings. The molecule has 0 heterocycles. The van der Waals surface area contributed by atoms with Crippen LogP contribution >= 0.6 is 0 Å². The van der Waals surface area contributed by atoms with Gasteiger partial charge >= 0.3 is 0 Å². The molecule has 78 valence electrons. The van der Waals surface area contributed by atoms with Gasteiger partial charge in [-0.15, -0.1) is 0 Å². The van der Waals surface area contributed by atoms with Crippen LogP contribution in [-0.4, -0.2) is 0 Å². The molecule has 0 aliphatic heterocycles. The fraction of sp³-hybridized carbons (Fsp3) is 0.200. The standard InChI is InChI=1S/C15H18/c1-6-13-9-7-8-10-14(13)15(11(2)3)12(4)5/h6-10,15H,1-2,4H2,3,5H3. The van der Waals surface area contributed by atoms with E-state index in [0.29, 0.717) is 0 Å². The van der Waals surface area contributed by atoms with E-state index in [4.69, 9.17) is 0 Å². The molecular formula is C15H18. The van der Waals surface area contributed by atoms with Crippen molar-refractivity contribution in [1.82, 2.24) is 0 Å². The molecule has 0 aromatic heterocycles. The zero-order valence-electron chi connectivity index (χ0n) is 9.59. The molecule has 1 rings (SSSR count). The second kappa shape index (κ2) is 4.79. The van der Waals surface area contributed by atoms with E-state index in [1.807, 2.05) is 32.1 Å². The fourth-order valence-corrected chi connectivity index (χ4v) is 1.91. The minimum Gasteiger partial charge on any atom is -0.0992 e. The van der Waals surface area contributed by atoms with Crippen molar-refractivity contribution in [3.8, 4) is 0 Å². The second-order valence-corrected chi connectivity index (χ2v) is 3.96. The third-order valence-corrected chi connectivity index (χ3v) is 2.51. The molecule has 0 saturated heterocycles. The highest BCUT2D eigenvalue weighted by Crippen LogP contribution is 2.32. The van der Waals surface area contributed by atoms with Gasteiger partial charge in [0.2, 0.25) is 0 Å². The van der Waals surface area contributed by atoms with Crippen molar-refractivity contribution in [3.05, 3.63) is 66.3 Å². The maximum Gasteiger partial charge on any atom is 0.0253 e. The van der Waals surface area contributed by atoms with Gasteiger partial charge in [0.05, 0.1) is 0 Å². The first kappa shape index (κ1) is 11.5. The zero-order chi connectivity index (χ0) is 11.4. The minimum atomic E-state index is 0.235. The summed E-state index contributed by atoms with van der Waals surface area (Å²) in [7, 11) is 0. The lowest BCUT2D eigenvalue weighted by Crippen LogP contribution is -2.02. The molecule has 0 spiro atoms. The van der Waals surface area contributed by atoms with Crippen LogP contribution in [0.15, 0.2) is 55.1 Å². The summed E-state index contributed by atoms with van der Waals surface area (Å²) in [6.07, 6.45) is 1.88. The molecule has 0 nitrogen and oxygen atoms in total. The van der Waals surface area contributed by atoms with Gasteiger partial charge in [0.25, 0.3) is 0 Å². The molecule has 0 atom stereocenters. The molecule has 1 aromatic carbocycles. The van der Waals surface area contributed by atoms with Crippen molar-refractivity contribution in [1.29, 1.82) is 0 Å². The Labute approximate surface area is 92.6 Å². The van der Waals surface area contributed by atoms with Crippen LogP contribution in [0.1, 0.15) is 30.9 Å². The van der Waals surface area contributed by atoms with Crippen molar-refractivity contribution in [2.45, 2.75) is 19.8 Å². The lowest BCUT2D eigenvalue weighted by molar-refractivity contribution is 0.926. The predicted molar refractivity (Wildman–Crippen MR) is 68.9 cm³/mol. The summed E-state index contributed by atoms with van der Waals surface area (Å²) in [5.74, 6) is 0.235. The normalized spacial score (nSPS) is 10.1. The quantitative estimate of drug-likeness (QED) is 0.622. The Kier molecular flexibility index (Phi) is 3.68. The smallest absolute Gasteiger partial charge is 0.0253 e. The highest BCUT2D eigenvalue weighted by atomic mass is 14.2. The van der Waals surface area contributed by atoms with Crippen molar-refractivity contribution >= 4 is 6.08 Å². The van der Waals surface area contributed by atoms with E-state index in [0.717, 1.165) is 16.7 Å². The first-order valence-electron chi connectivity index (χ1n) is 5.10. The largest absolute Gasteiger partial charge is 0.0992 e. The van der Waals surface area contributed by atoms with Crippen LogP contribution in [0.5, 0.6) is 0 Å². The lowest BCUT2D eigenvalue weighted by Gasteiger charge is -2.19. The van der Waals surface area contributed by atoms with Crippen LogP contribution in [0.25, 0.3) is 6.08 Å². The fourth-order valence-electron chi connectivity index (χ4n) is 1.91. The van der Waals surface area contributed by atoms with Crippen LogP contribution in [-0.2, 0) is 0 Å². The minimum absolute atomic E-state index is 0.235. The summed E-state index contributed by atoms with van der Waals surface area (Å²) in [5.41, 5.74) is 4.65. The average Bonchev–Trinajstić information content (AvgIpc) is 2.17. The SMILES string of the molecule is C=Cc1ccccc1C(C(=C)C)C(=C)C. The number of hydrogen-bond acceptors (Lipinski definition) is 0. The van der Waals surface area contributed by atoms with Gasteiger partial charge in [0.1, 0.15) is 0 Å². The highest BCUT2D eigenvalue weighted by Gasteiger charge is 2.14. The number of allylic oxidation sites excluding steroid dienone is 2. The lowest BCUT2D eigenvalue weighted by atomic mass is 9.85. The average molecular weight is 198 g/mol. The third kappa shape index (κ3) is 2.47. The first-order valence-corrected chi connectivity index (χ1v) is 5.10. The van der Waals surface area contributed by atoms with E-state index in [2.05, 4.69) is 31.9 Å². The van der Waals surface area contributed by atoms with Gasteiger partial charge in [-0.25, -0.2) is 0 Å². The van der Waals surface area contributed by atoms with Crippen molar-refractivity contribution in [2.75, 3.05) is 0 Å². The highest BCUT2D eigenvalue weighted by molar-refractivity contribution is 5.56. The molecule has 0 amide bonds. The Morgan fingerprint density at radius 2 is 1.67 bits per heavy atom. The topological polar surface area (TPSA) is 0 Å². The number of benzene rings is 1. The number of rotatable bonds is 4. The van der Waals surface area contributed by atoms with Crippen molar-refractivity contribution in [3.63, 3.8) is 0 Å². The summed E-state index contributed by atoms with van der Waals surface area (Å²) in [6.45, 7) is 16.0. The van der Waals surface area contributed by atoms with Gasteiger partial charge in [-0.1, -0.05) is 61.2 Å². The molecule has 15 heavy (non-hydrogen) atoms. The van der Waals surface area contributed by atoms with E-state index in [9.17, 15) is 0 Å². The van der Waals surface area contributed by atoms with Crippen LogP contribution in [0, 0.1) is 0 Å². The molecule has 0 fully saturated rings. The zero-order valence-corrected chi connectivity index (χ0v) is 9.59. The number of hydrogen-bond donors (Lipinski definition) is 0. The van der Waals surface area contributed by atoms with E-state index in [-0.39, 0.29) is 5.92 Å². The molecule has 0 saturated carbocycles.